The van der Waals surface area contributed by atoms with Gasteiger partial charge < -0.3 is 10.4 Å². The SMILES string of the molecule is Cc1ccc(CCNC(=O)CC(C)(C)C(=O)O)cc1. The minimum atomic E-state index is -1.02. The van der Waals surface area contributed by atoms with Gasteiger partial charge in [-0.15, -0.1) is 0 Å². The summed E-state index contributed by atoms with van der Waals surface area (Å²) in [6, 6.07) is 8.13. The normalized spacial score (nSPS) is 11.1. The van der Waals surface area contributed by atoms with Gasteiger partial charge in [0.05, 0.1) is 5.41 Å². The summed E-state index contributed by atoms with van der Waals surface area (Å²) >= 11 is 0. The fourth-order valence-electron chi connectivity index (χ4n) is 1.64. The molecule has 1 aromatic carbocycles. The zero-order valence-corrected chi connectivity index (χ0v) is 11.7. The Morgan fingerprint density at radius 1 is 1.21 bits per heavy atom. The largest absolute Gasteiger partial charge is 0.481 e. The lowest BCUT2D eigenvalue weighted by Crippen LogP contribution is -2.34. The molecule has 0 aliphatic carbocycles. The average Bonchev–Trinajstić information content (AvgIpc) is 2.31. The zero-order valence-electron chi connectivity index (χ0n) is 11.7. The number of carbonyl (C=O) groups excluding carboxylic acids is 1. The van der Waals surface area contributed by atoms with Crippen LogP contribution in [-0.4, -0.2) is 23.5 Å². The molecule has 1 amide bonds. The molecule has 0 unspecified atom stereocenters. The summed E-state index contributed by atoms with van der Waals surface area (Å²) in [5, 5.41) is 11.7. The summed E-state index contributed by atoms with van der Waals surface area (Å²) in [6.07, 6.45) is 0.746. The number of nitrogens with one attached hydrogen (secondary N) is 1. The third-order valence-corrected chi connectivity index (χ3v) is 3.04. The Hall–Kier alpha value is -1.84. The lowest BCUT2D eigenvalue weighted by atomic mass is 9.89. The number of hydrogen-bond donors (Lipinski definition) is 2. The Balaban J connectivity index is 2.35. The van der Waals surface area contributed by atoms with E-state index in [0.29, 0.717) is 6.54 Å². The molecule has 0 bridgehead atoms. The highest BCUT2D eigenvalue weighted by Crippen LogP contribution is 2.19. The lowest BCUT2D eigenvalue weighted by Gasteiger charge is -2.18. The van der Waals surface area contributed by atoms with Crippen molar-refractivity contribution >= 4 is 11.9 Å². The van der Waals surface area contributed by atoms with Crippen molar-refractivity contribution in [1.82, 2.24) is 5.32 Å². The Labute approximate surface area is 113 Å². The van der Waals surface area contributed by atoms with Crippen LogP contribution in [0.3, 0.4) is 0 Å². The smallest absolute Gasteiger partial charge is 0.309 e. The summed E-state index contributed by atoms with van der Waals surface area (Å²) < 4.78 is 0. The van der Waals surface area contributed by atoms with Crippen LogP contribution in [0, 0.1) is 12.3 Å². The molecule has 19 heavy (non-hydrogen) atoms. The minimum Gasteiger partial charge on any atom is -0.481 e. The van der Waals surface area contributed by atoms with Crippen molar-refractivity contribution < 1.29 is 14.7 Å². The number of aliphatic carboxylic acids is 1. The summed E-state index contributed by atoms with van der Waals surface area (Å²) in [5.41, 5.74) is 1.34. The quantitative estimate of drug-likeness (QED) is 0.826. The van der Waals surface area contributed by atoms with Gasteiger partial charge in [-0.05, 0) is 32.8 Å². The Morgan fingerprint density at radius 3 is 2.32 bits per heavy atom. The molecule has 2 N–H and O–H groups in total. The van der Waals surface area contributed by atoms with Gasteiger partial charge in [0.15, 0.2) is 0 Å². The first-order chi connectivity index (χ1) is 8.81. The molecule has 1 aromatic rings. The monoisotopic (exact) mass is 263 g/mol. The number of benzene rings is 1. The van der Waals surface area contributed by atoms with Gasteiger partial charge >= 0.3 is 5.97 Å². The van der Waals surface area contributed by atoms with Gasteiger partial charge in [-0.25, -0.2) is 0 Å². The van der Waals surface area contributed by atoms with Crippen molar-refractivity contribution in [2.24, 2.45) is 5.41 Å². The second-order valence-electron chi connectivity index (χ2n) is 5.45. The highest BCUT2D eigenvalue weighted by molar-refractivity contribution is 5.84. The Bertz CT molecular complexity index is 449. The molecule has 0 saturated carbocycles. The number of hydrogen-bond acceptors (Lipinski definition) is 2. The molecule has 0 heterocycles. The van der Waals surface area contributed by atoms with E-state index in [1.54, 1.807) is 13.8 Å². The van der Waals surface area contributed by atoms with Crippen LogP contribution in [0.25, 0.3) is 0 Å². The van der Waals surface area contributed by atoms with Gasteiger partial charge in [0.2, 0.25) is 5.91 Å². The molecule has 0 radical (unpaired) electrons. The molecular formula is C15H21NO3. The zero-order chi connectivity index (χ0) is 14.5. The maximum Gasteiger partial charge on any atom is 0.309 e. The number of carbonyl (C=O) groups is 2. The van der Waals surface area contributed by atoms with Crippen LogP contribution in [-0.2, 0) is 16.0 Å². The number of amides is 1. The van der Waals surface area contributed by atoms with Crippen molar-refractivity contribution in [3.05, 3.63) is 35.4 Å². The van der Waals surface area contributed by atoms with E-state index in [1.165, 1.54) is 5.56 Å². The molecule has 1 rings (SSSR count). The van der Waals surface area contributed by atoms with Crippen LogP contribution in [0.2, 0.25) is 0 Å². The third-order valence-electron chi connectivity index (χ3n) is 3.04. The van der Waals surface area contributed by atoms with Crippen LogP contribution in [0.5, 0.6) is 0 Å². The lowest BCUT2D eigenvalue weighted by molar-refractivity contribution is -0.149. The molecule has 4 heteroatoms. The highest BCUT2D eigenvalue weighted by Gasteiger charge is 2.29. The molecule has 0 saturated heterocycles. The molecule has 104 valence electrons. The van der Waals surface area contributed by atoms with Crippen LogP contribution in [0.1, 0.15) is 31.4 Å². The predicted molar refractivity (Wildman–Crippen MR) is 73.9 cm³/mol. The molecular weight excluding hydrogens is 242 g/mol. The predicted octanol–water partition coefficient (Wildman–Crippen LogP) is 2.15. The van der Waals surface area contributed by atoms with E-state index in [4.69, 9.17) is 5.11 Å². The van der Waals surface area contributed by atoms with E-state index in [0.717, 1.165) is 12.0 Å². The van der Waals surface area contributed by atoms with Gasteiger partial charge in [0.1, 0.15) is 0 Å². The number of aryl methyl sites for hydroxylation is 1. The van der Waals surface area contributed by atoms with Gasteiger partial charge in [0, 0.05) is 13.0 Å². The minimum absolute atomic E-state index is 0.00374. The molecule has 4 nitrogen and oxygen atoms in total. The van der Waals surface area contributed by atoms with Crippen molar-refractivity contribution in [3.8, 4) is 0 Å². The number of rotatable bonds is 6. The topological polar surface area (TPSA) is 66.4 Å². The first-order valence-electron chi connectivity index (χ1n) is 6.37. The van der Waals surface area contributed by atoms with Gasteiger partial charge in [-0.3, -0.25) is 9.59 Å². The van der Waals surface area contributed by atoms with E-state index in [-0.39, 0.29) is 12.3 Å². The highest BCUT2D eigenvalue weighted by atomic mass is 16.4. The summed E-state index contributed by atoms with van der Waals surface area (Å²) in [4.78, 5) is 22.5. The van der Waals surface area contributed by atoms with Gasteiger partial charge in [0.25, 0.3) is 0 Å². The standard InChI is InChI=1S/C15H21NO3/c1-11-4-6-12(7-5-11)8-9-16-13(17)10-15(2,3)14(18)19/h4-7H,8-10H2,1-3H3,(H,16,17)(H,18,19). The summed E-state index contributed by atoms with van der Waals surface area (Å²) in [6.45, 7) is 5.65. The van der Waals surface area contributed by atoms with Gasteiger partial charge in [-0.2, -0.15) is 0 Å². The second kappa shape index (κ2) is 6.36. The fraction of sp³-hybridized carbons (Fsp3) is 0.467. The maximum absolute atomic E-state index is 11.6. The van der Waals surface area contributed by atoms with Crippen LogP contribution < -0.4 is 5.32 Å². The maximum atomic E-state index is 11.6. The summed E-state index contributed by atoms with van der Waals surface area (Å²) in [7, 11) is 0. The Morgan fingerprint density at radius 2 is 1.79 bits per heavy atom. The summed E-state index contributed by atoms with van der Waals surface area (Å²) in [5.74, 6) is -1.18. The first kappa shape index (κ1) is 15.2. The molecule has 0 aliphatic rings. The van der Waals surface area contributed by atoms with E-state index in [2.05, 4.69) is 5.32 Å². The first-order valence-corrected chi connectivity index (χ1v) is 6.37. The van der Waals surface area contributed by atoms with Crippen LogP contribution in [0.15, 0.2) is 24.3 Å². The number of carboxylic acids is 1. The Kier molecular flexibility index (Phi) is 5.10. The third kappa shape index (κ3) is 5.12. The van der Waals surface area contributed by atoms with Crippen LogP contribution >= 0.6 is 0 Å². The van der Waals surface area contributed by atoms with E-state index >= 15 is 0 Å². The molecule has 0 aliphatic heterocycles. The van der Waals surface area contributed by atoms with E-state index in [9.17, 15) is 9.59 Å². The molecule has 0 spiro atoms. The molecule has 0 fully saturated rings. The van der Waals surface area contributed by atoms with Crippen molar-refractivity contribution in [1.29, 1.82) is 0 Å². The van der Waals surface area contributed by atoms with Crippen molar-refractivity contribution in [2.75, 3.05) is 6.54 Å². The van der Waals surface area contributed by atoms with Crippen LogP contribution in [0.4, 0.5) is 0 Å². The average molecular weight is 263 g/mol. The number of carboxylic acid groups (broad SMARTS) is 1. The van der Waals surface area contributed by atoms with E-state index < -0.39 is 11.4 Å². The molecule has 0 atom stereocenters. The van der Waals surface area contributed by atoms with E-state index in [1.807, 2.05) is 31.2 Å². The second-order valence-corrected chi connectivity index (χ2v) is 5.45. The van der Waals surface area contributed by atoms with Crippen molar-refractivity contribution in [3.63, 3.8) is 0 Å². The van der Waals surface area contributed by atoms with Crippen molar-refractivity contribution in [2.45, 2.75) is 33.6 Å². The fourth-order valence-corrected chi connectivity index (χ4v) is 1.64. The molecule has 0 aromatic heterocycles. The van der Waals surface area contributed by atoms with Gasteiger partial charge in [-0.1, -0.05) is 29.8 Å².